The van der Waals surface area contributed by atoms with Crippen molar-refractivity contribution in [3.8, 4) is 0 Å². The molecule has 1 nitrogen and oxygen atoms in total. The molecule has 1 heterocycles. The van der Waals surface area contributed by atoms with Gasteiger partial charge in [0.05, 0.1) is 5.69 Å². The van der Waals surface area contributed by atoms with Crippen molar-refractivity contribution >= 4 is 6.08 Å². The van der Waals surface area contributed by atoms with E-state index < -0.39 is 0 Å². The second kappa shape index (κ2) is 2.87. The molecular weight excluding hydrogens is 134 g/mol. The van der Waals surface area contributed by atoms with Crippen LogP contribution in [0.1, 0.15) is 22.5 Å². The van der Waals surface area contributed by atoms with E-state index in [4.69, 9.17) is 0 Å². The van der Waals surface area contributed by atoms with Crippen LogP contribution in [0.3, 0.4) is 0 Å². The molecule has 0 aliphatic heterocycles. The SMILES string of the molecule is C=Cc1cc(C)c(C)c(C)n1. The summed E-state index contributed by atoms with van der Waals surface area (Å²) in [5.41, 5.74) is 4.62. The number of nitrogens with zero attached hydrogens (tertiary/aromatic N) is 1. The molecule has 1 heteroatoms. The van der Waals surface area contributed by atoms with Crippen molar-refractivity contribution in [3.05, 3.63) is 35.2 Å². The van der Waals surface area contributed by atoms with Crippen LogP contribution in [-0.4, -0.2) is 4.98 Å². The molecule has 0 N–H and O–H groups in total. The first-order valence-corrected chi connectivity index (χ1v) is 3.72. The van der Waals surface area contributed by atoms with E-state index in [1.54, 1.807) is 6.08 Å². The van der Waals surface area contributed by atoms with Crippen LogP contribution in [0.4, 0.5) is 0 Å². The largest absolute Gasteiger partial charge is 0.253 e. The number of hydrogen-bond donors (Lipinski definition) is 0. The number of rotatable bonds is 1. The van der Waals surface area contributed by atoms with Crippen LogP contribution in [0, 0.1) is 20.8 Å². The minimum absolute atomic E-state index is 0.964. The summed E-state index contributed by atoms with van der Waals surface area (Å²) < 4.78 is 0. The van der Waals surface area contributed by atoms with Crippen LogP contribution in [0.2, 0.25) is 0 Å². The quantitative estimate of drug-likeness (QED) is 0.595. The van der Waals surface area contributed by atoms with Gasteiger partial charge in [-0.05, 0) is 44.0 Å². The molecule has 11 heavy (non-hydrogen) atoms. The van der Waals surface area contributed by atoms with Gasteiger partial charge in [-0.25, -0.2) is 0 Å². The Labute approximate surface area is 67.8 Å². The summed E-state index contributed by atoms with van der Waals surface area (Å²) in [5, 5.41) is 0. The molecule has 1 aromatic heterocycles. The predicted octanol–water partition coefficient (Wildman–Crippen LogP) is 2.65. The Balaban J connectivity index is 3.31. The monoisotopic (exact) mass is 147 g/mol. The Morgan fingerprint density at radius 3 is 2.45 bits per heavy atom. The maximum Gasteiger partial charge on any atom is 0.0629 e. The van der Waals surface area contributed by atoms with Crippen molar-refractivity contribution in [2.24, 2.45) is 0 Å². The van der Waals surface area contributed by atoms with Gasteiger partial charge in [0.25, 0.3) is 0 Å². The highest BCUT2D eigenvalue weighted by atomic mass is 14.7. The zero-order chi connectivity index (χ0) is 8.43. The Morgan fingerprint density at radius 1 is 1.36 bits per heavy atom. The first-order valence-electron chi connectivity index (χ1n) is 3.72. The van der Waals surface area contributed by atoms with Crippen LogP contribution in [-0.2, 0) is 0 Å². The van der Waals surface area contributed by atoms with Gasteiger partial charge in [-0.3, -0.25) is 4.98 Å². The molecule has 0 fully saturated rings. The molecule has 58 valence electrons. The molecule has 0 saturated carbocycles. The van der Waals surface area contributed by atoms with Gasteiger partial charge >= 0.3 is 0 Å². The van der Waals surface area contributed by atoms with E-state index in [-0.39, 0.29) is 0 Å². The van der Waals surface area contributed by atoms with Gasteiger partial charge in [0, 0.05) is 5.69 Å². The average Bonchev–Trinajstić information content (AvgIpc) is 1.99. The van der Waals surface area contributed by atoms with E-state index in [1.807, 2.05) is 6.92 Å². The summed E-state index contributed by atoms with van der Waals surface area (Å²) in [6.07, 6.45) is 1.78. The zero-order valence-corrected chi connectivity index (χ0v) is 7.31. The van der Waals surface area contributed by atoms with Crippen molar-refractivity contribution in [2.75, 3.05) is 0 Å². The molecule has 0 aliphatic rings. The van der Waals surface area contributed by atoms with E-state index in [0.29, 0.717) is 0 Å². The molecule has 0 aliphatic carbocycles. The number of hydrogen-bond acceptors (Lipinski definition) is 1. The third kappa shape index (κ3) is 1.48. The molecule has 0 radical (unpaired) electrons. The maximum absolute atomic E-state index is 4.33. The third-order valence-corrected chi connectivity index (χ3v) is 2.00. The van der Waals surface area contributed by atoms with Crippen LogP contribution in [0.25, 0.3) is 6.08 Å². The lowest BCUT2D eigenvalue weighted by molar-refractivity contribution is 1.11. The first-order chi connectivity index (χ1) is 5.15. The maximum atomic E-state index is 4.33. The Morgan fingerprint density at radius 2 is 2.00 bits per heavy atom. The normalized spacial score (nSPS) is 9.73. The summed E-state index contributed by atoms with van der Waals surface area (Å²) in [4.78, 5) is 4.33. The minimum Gasteiger partial charge on any atom is -0.253 e. The number of aromatic nitrogens is 1. The lowest BCUT2D eigenvalue weighted by Crippen LogP contribution is -1.92. The summed E-state index contributed by atoms with van der Waals surface area (Å²) >= 11 is 0. The highest BCUT2D eigenvalue weighted by Gasteiger charge is 1.98. The van der Waals surface area contributed by atoms with Crippen molar-refractivity contribution < 1.29 is 0 Å². The van der Waals surface area contributed by atoms with Crippen molar-refractivity contribution in [2.45, 2.75) is 20.8 Å². The minimum atomic E-state index is 0.964. The molecule has 1 aromatic rings. The number of pyridine rings is 1. The van der Waals surface area contributed by atoms with Gasteiger partial charge in [-0.15, -0.1) is 0 Å². The van der Waals surface area contributed by atoms with Gasteiger partial charge in [0.1, 0.15) is 0 Å². The molecular formula is C10H13N. The topological polar surface area (TPSA) is 12.9 Å². The molecule has 0 unspecified atom stereocenters. The van der Waals surface area contributed by atoms with Crippen molar-refractivity contribution in [1.29, 1.82) is 0 Å². The number of aryl methyl sites for hydroxylation is 2. The highest BCUT2D eigenvalue weighted by molar-refractivity contribution is 5.45. The summed E-state index contributed by atoms with van der Waals surface area (Å²) in [6, 6.07) is 2.05. The molecule has 1 rings (SSSR count). The van der Waals surface area contributed by atoms with E-state index in [0.717, 1.165) is 11.4 Å². The van der Waals surface area contributed by atoms with Crippen LogP contribution >= 0.6 is 0 Å². The average molecular weight is 147 g/mol. The van der Waals surface area contributed by atoms with E-state index in [2.05, 4.69) is 31.5 Å². The fourth-order valence-corrected chi connectivity index (χ4v) is 1.03. The lowest BCUT2D eigenvalue weighted by atomic mass is 10.1. The summed E-state index contributed by atoms with van der Waals surface area (Å²) in [5.74, 6) is 0. The molecule has 0 bridgehead atoms. The second-order valence-corrected chi connectivity index (χ2v) is 2.78. The fraction of sp³-hybridized carbons (Fsp3) is 0.300. The molecule has 0 aromatic carbocycles. The van der Waals surface area contributed by atoms with E-state index in [9.17, 15) is 0 Å². The summed E-state index contributed by atoms with van der Waals surface area (Å²) in [6.45, 7) is 9.89. The lowest BCUT2D eigenvalue weighted by Gasteiger charge is -2.04. The highest BCUT2D eigenvalue weighted by Crippen LogP contribution is 2.11. The Kier molecular flexibility index (Phi) is 2.08. The van der Waals surface area contributed by atoms with Crippen LogP contribution in [0.15, 0.2) is 12.6 Å². The molecule has 0 saturated heterocycles. The van der Waals surface area contributed by atoms with E-state index in [1.165, 1.54) is 11.1 Å². The molecule has 0 spiro atoms. The van der Waals surface area contributed by atoms with E-state index >= 15 is 0 Å². The Hall–Kier alpha value is -1.11. The predicted molar refractivity (Wildman–Crippen MR) is 48.5 cm³/mol. The smallest absolute Gasteiger partial charge is 0.0629 e. The van der Waals surface area contributed by atoms with Gasteiger partial charge in [-0.1, -0.05) is 6.58 Å². The zero-order valence-electron chi connectivity index (χ0n) is 7.31. The van der Waals surface area contributed by atoms with Crippen LogP contribution in [0.5, 0.6) is 0 Å². The third-order valence-electron chi connectivity index (χ3n) is 2.00. The van der Waals surface area contributed by atoms with Crippen LogP contribution < -0.4 is 0 Å². The van der Waals surface area contributed by atoms with Gasteiger partial charge in [0.2, 0.25) is 0 Å². The Bertz CT molecular complexity index is 264. The van der Waals surface area contributed by atoms with Gasteiger partial charge < -0.3 is 0 Å². The standard InChI is InChI=1S/C10H13N/c1-5-10-6-7(2)8(3)9(4)11-10/h5-6H,1H2,2-4H3. The molecule has 0 atom stereocenters. The molecule has 0 amide bonds. The van der Waals surface area contributed by atoms with Crippen molar-refractivity contribution in [1.82, 2.24) is 4.98 Å². The summed E-state index contributed by atoms with van der Waals surface area (Å²) in [7, 11) is 0. The second-order valence-electron chi connectivity index (χ2n) is 2.78. The van der Waals surface area contributed by atoms with Gasteiger partial charge in [0.15, 0.2) is 0 Å². The fourth-order valence-electron chi connectivity index (χ4n) is 1.03. The van der Waals surface area contributed by atoms with Gasteiger partial charge in [-0.2, -0.15) is 0 Å². The van der Waals surface area contributed by atoms with Crippen molar-refractivity contribution in [3.63, 3.8) is 0 Å². The first kappa shape index (κ1) is 7.99.